The van der Waals surface area contributed by atoms with E-state index in [0.717, 1.165) is 22.0 Å². The van der Waals surface area contributed by atoms with Crippen molar-refractivity contribution >= 4 is 39.7 Å². The van der Waals surface area contributed by atoms with Gasteiger partial charge in [-0.15, -0.1) is 0 Å². The van der Waals surface area contributed by atoms with Crippen LogP contribution in [0.4, 0.5) is 16.0 Å². The van der Waals surface area contributed by atoms with Gasteiger partial charge in [0.2, 0.25) is 0 Å². The van der Waals surface area contributed by atoms with Gasteiger partial charge in [-0.3, -0.25) is 9.67 Å². The monoisotopic (exact) mass is 432 g/mol. The molecule has 0 radical (unpaired) electrons. The zero-order chi connectivity index (χ0) is 21.8. The van der Waals surface area contributed by atoms with Crippen molar-refractivity contribution in [3.63, 3.8) is 0 Å². The lowest BCUT2D eigenvalue weighted by atomic mass is 9.98. The number of hydrogen-bond donors (Lipinski definition) is 1. The Kier molecular flexibility index (Phi) is 5.86. The number of rotatable bonds is 6. The second-order valence-electron chi connectivity index (χ2n) is 6.63. The van der Waals surface area contributed by atoms with Crippen molar-refractivity contribution in [2.24, 2.45) is 7.05 Å². The summed E-state index contributed by atoms with van der Waals surface area (Å²) in [7, 11) is 1.84. The van der Waals surface area contributed by atoms with Crippen LogP contribution in [-0.2, 0) is 7.05 Å². The first-order chi connectivity index (χ1) is 15.1. The van der Waals surface area contributed by atoms with Crippen LogP contribution in [0.3, 0.4) is 0 Å². The van der Waals surface area contributed by atoms with Gasteiger partial charge in [0, 0.05) is 47.6 Å². The molecule has 8 heteroatoms. The summed E-state index contributed by atoms with van der Waals surface area (Å²) in [6.07, 6.45) is 7.53. The van der Waals surface area contributed by atoms with Gasteiger partial charge in [0.25, 0.3) is 0 Å². The lowest BCUT2D eigenvalue weighted by Gasteiger charge is -2.12. The third-order valence-corrected chi connectivity index (χ3v) is 4.82. The Morgan fingerprint density at radius 3 is 2.81 bits per heavy atom. The molecule has 4 aromatic rings. The lowest BCUT2D eigenvalue weighted by molar-refractivity contribution is 0.673. The predicted octanol–water partition coefficient (Wildman–Crippen LogP) is 5.79. The van der Waals surface area contributed by atoms with Crippen LogP contribution in [0.5, 0.6) is 0 Å². The molecule has 0 aliphatic rings. The third-order valence-electron chi connectivity index (χ3n) is 4.60. The Balaban J connectivity index is 1.84. The van der Waals surface area contributed by atoms with Crippen LogP contribution in [0.15, 0.2) is 85.2 Å². The Bertz CT molecular complexity index is 1320. The molecular formula is C23H18ClFN6. The van der Waals surface area contributed by atoms with Crippen molar-refractivity contribution in [3.05, 3.63) is 90.9 Å². The molecule has 0 aliphatic heterocycles. The Labute approximate surface area is 183 Å². The average molecular weight is 433 g/mol. The first kappa shape index (κ1) is 20.4. The van der Waals surface area contributed by atoms with Crippen molar-refractivity contribution in [1.29, 1.82) is 0 Å². The van der Waals surface area contributed by atoms with E-state index in [1.165, 1.54) is 24.0 Å². The number of hydrogen-bond acceptors (Lipinski definition) is 5. The zero-order valence-electron chi connectivity index (χ0n) is 16.6. The highest BCUT2D eigenvalue weighted by Crippen LogP contribution is 2.34. The number of nitrogens with zero attached hydrogens (tertiary/aromatic N) is 5. The van der Waals surface area contributed by atoms with Crippen molar-refractivity contribution in [2.45, 2.75) is 0 Å². The first-order valence-corrected chi connectivity index (χ1v) is 9.80. The summed E-state index contributed by atoms with van der Waals surface area (Å²) in [4.78, 5) is 13.1. The summed E-state index contributed by atoms with van der Waals surface area (Å²) in [6.45, 7) is 3.54. The molecule has 0 spiro atoms. The fourth-order valence-electron chi connectivity index (χ4n) is 3.19. The quantitative estimate of drug-likeness (QED) is 0.390. The van der Waals surface area contributed by atoms with E-state index in [0.29, 0.717) is 17.3 Å². The lowest BCUT2D eigenvalue weighted by Crippen LogP contribution is -1.98. The Morgan fingerprint density at radius 1 is 1.19 bits per heavy atom. The number of benzene rings is 1. The minimum Gasteiger partial charge on any atom is -0.323 e. The molecule has 1 N–H and O–H groups in total. The largest absolute Gasteiger partial charge is 0.323 e. The van der Waals surface area contributed by atoms with E-state index in [4.69, 9.17) is 11.6 Å². The molecule has 154 valence electrons. The maximum atomic E-state index is 14.6. The van der Waals surface area contributed by atoms with Crippen molar-refractivity contribution in [3.8, 4) is 11.1 Å². The second-order valence-corrected chi connectivity index (χ2v) is 6.84. The molecule has 0 saturated carbocycles. The molecule has 3 aromatic heterocycles. The molecule has 0 amide bonds. The van der Waals surface area contributed by atoms with E-state index in [1.54, 1.807) is 16.9 Å². The molecule has 0 aliphatic carbocycles. The summed E-state index contributed by atoms with van der Waals surface area (Å²) in [5.41, 5.74) is 4.07. The molecule has 0 unspecified atom stereocenters. The second kappa shape index (κ2) is 8.89. The van der Waals surface area contributed by atoms with Crippen LogP contribution in [0, 0.1) is 0 Å². The third kappa shape index (κ3) is 4.22. The highest BCUT2D eigenvalue weighted by Gasteiger charge is 2.16. The Hall–Kier alpha value is -3.84. The van der Waals surface area contributed by atoms with Crippen LogP contribution in [0.25, 0.3) is 27.6 Å². The topological polar surface area (TPSA) is 68.5 Å². The molecule has 0 saturated heterocycles. The van der Waals surface area contributed by atoms with Crippen molar-refractivity contribution in [1.82, 2.24) is 24.7 Å². The Morgan fingerprint density at radius 2 is 2.06 bits per heavy atom. The van der Waals surface area contributed by atoms with E-state index >= 15 is 0 Å². The number of fused-ring (bicyclic) bond motifs is 1. The summed E-state index contributed by atoms with van der Waals surface area (Å²) >= 11 is 5.95. The standard InChI is InChI=1S/C23H18ClFN6/c1-3-5-19(25)18(13-24)22-16(6-4-10-26-22)15-7-8-20-17(12-15)23(28-14-27-20)29-21-9-11-31(2)30-21/h3-14H,1H2,2H3,(H,27,28,29,30)/b18-13+,19-5+. The molecule has 31 heavy (non-hydrogen) atoms. The zero-order valence-corrected chi connectivity index (χ0v) is 17.4. The minimum absolute atomic E-state index is 0.174. The van der Waals surface area contributed by atoms with Gasteiger partial charge in [-0.25, -0.2) is 14.4 Å². The van der Waals surface area contributed by atoms with Gasteiger partial charge in [0.15, 0.2) is 5.82 Å². The van der Waals surface area contributed by atoms with E-state index in [2.05, 4.69) is 31.9 Å². The van der Waals surface area contributed by atoms with Crippen LogP contribution in [-0.4, -0.2) is 24.7 Å². The minimum atomic E-state index is -0.522. The first-order valence-electron chi connectivity index (χ1n) is 9.37. The van der Waals surface area contributed by atoms with Gasteiger partial charge in [-0.1, -0.05) is 36.4 Å². The van der Waals surface area contributed by atoms with Crippen LogP contribution < -0.4 is 5.32 Å². The summed E-state index contributed by atoms with van der Waals surface area (Å²) in [5, 5.41) is 8.34. The summed E-state index contributed by atoms with van der Waals surface area (Å²) < 4.78 is 16.3. The number of halogens is 2. The summed E-state index contributed by atoms with van der Waals surface area (Å²) in [6, 6.07) is 11.2. The number of nitrogens with one attached hydrogen (secondary N) is 1. The van der Waals surface area contributed by atoms with Gasteiger partial charge in [-0.2, -0.15) is 5.10 Å². The maximum absolute atomic E-state index is 14.6. The fourth-order valence-corrected chi connectivity index (χ4v) is 3.40. The maximum Gasteiger partial charge on any atom is 0.153 e. The number of anilines is 2. The van der Waals surface area contributed by atoms with Gasteiger partial charge < -0.3 is 5.32 Å². The van der Waals surface area contributed by atoms with E-state index in [1.807, 2.05) is 43.6 Å². The molecule has 0 fully saturated rings. The van der Waals surface area contributed by atoms with E-state index in [9.17, 15) is 4.39 Å². The van der Waals surface area contributed by atoms with Crippen LogP contribution in [0.2, 0.25) is 0 Å². The number of aryl methyl sites for hydroxylation is 1. The molecule has 1 aromatic carbocycles. The normalized spacial score (nSPS) is 12.2. The summed E-state index contributed by atoms with van der Waals surface area (Å²) in [5.74, 6) is 0.757. The van der Waals surface area contributed by atoms with Crippen molar-refractivity contribution in [2.75, 3.05) is 5.32 Å². The van der Waals surface area contributed by atoms with Gasteiger partial charge >= 0.3 is 0 Å². The van der Waals surface area contributed by atoms with E-state index < -0.39 is 5.83 Å². The highest BCUT2D eigenvalue weighted by atomic mass is 35.5. The molecule has 3 heterocycles. The predicted molar refractivity (Wildman–Crippen MR) is 122 cm³/mol. The molecule has 0 atom stereocenters. The molecule has 4 rings (SSSR count). The van der Waals surface area contributed by atoms with Crippen LogP contribution >= 0.6 is 11.6 Å². The van der Waals surface area contributed by atoms with Crippen molar-refractivity contribution < 1.29 is 4.39 Å². The molecule has 6 nitrogen and oxygen atoms in total. The van der Waals surface area contributed by atoms with E-state index in [-0.39, 0.29) is 5.57 Å². The number of allylic oxidation sites excluding steroid dienone is 4. The fraction of sp³-hybridized carbons (Fsp3) is 0.0435. The molecule has 0 bridgehead atoms. The molecular weight excluding hydrogens is 415 g/mol. The SMILES string of the molecule is C=C/C=C(F)\C(=C/Cl)c1ncccc1-c1ccc2ncnc(Nc3ccn(C)n3)c2c1. The highest BCUT2D eigenvalue weighted by molar-refractivity contribution is 6.29. The smallest absolute Gasteiger partial charge is 0.153 e. The average Bonchev–Trinajstić information content (AvgIpc) is 3.19. The van der Waals surface area contributed by atoms with Crippen LogP contribution in [0.1, 0.15) is 5.69 Å². The van der Waals surface area contributed by atoms with Gasteiger partial charge in [0.1, 0.15) is 18.0 Å². The number of pyridine rings is 1. The van der Waals surface area contributed by atoms with Gasteiger partial charge in [-0.05, 0) is 29.8 Å². The number of aromatic nitrogens is 5. The van der Waals surface area contributed by atoms with Gasteiger partial charge in [0.05, 0.1) is 11.2 Å².